The van der Waals surface area contributed by atoms with Crippen molar-refractivity contribution in [3.05, 3.63) is 101 Å². The van der Waals surface area contributed by atoms with Gasteiger partial charge in [0.25, 0.3) is 0 Å². The highest BCUT2D eigenvalue weighted by Crippen LogP contribution is 2.46. The zero-order valence-electron chi connectivity index (χ0n) is 20.8. The largest absolute Gasteiger partial charge is 0.454 e. The van der Waals surface area contributed by atoms with Crippen molar-refractivity contribution in [2.24, 2.45) is 0 Å². The van der Waals surface area contributed by atoms with Gasteiger partial charge in [0.15, 0.2) is 16.6 Å². The molecule has 0 unspecified atom stereocenters. The monoisotopic (exact) mass is 496 g/mol. The average molecular weight is 497 g/mol. The molecule has 2 aliphatic heterocycles. The number of benzene rings is 2. The first-order chi connectivity index (χ1) is 17.4. The van der Waals surface area contributed by atoms with E-state index in [1.807, 2.05) is 36.5 Å². The van der Waals surface area contributed by atoms with E-state index in [2.05, 4.69) is 72.8 Å². The molecule has 7 heteroatoms. The summed E-state index contributed by atoms with van der Waals surface area (Å²) in [5.74, 6) is 1.49. The molecule has 0 radical (unpaired) electrons. The first kappa shape index (κ1) is 22.6. The predicted octanol–water partition coefficient (Wildman–Crippen LogP) is 6.01. The number of hydrogen-bond donors (Lipinski definition) is 1. The lowest BCUT2D eigenvalue weighted by atomic mass is 9.96. The van der Waals surface area contributed by atoms with Gasteiger partial charge >= 0.3 is 0 Å². The number of fused-ring (bicyclic) bond motifs is 1. The minimum atomic E-state index is -0.114. The fraction of sp³-hybridized carbons (Fsp3) is 0.241. The van der Waals surface area contributed by atoms with E-state index in [1.165, 1.54) is 33.8 Å². The van der Waals surface area contributed by atoms with E-state index in [4.69, 9.17) is 26.7 Å². The number of aryl methyl sites for hydroxylation is 2. The molecule has 2 aliphatic rings. The number of thiocarbonyl (C=S) groups is 1. The van der Waals surface area contributed by atoms with Gasteiger partial charge in [0.05, 0.1) is 17.8 Å². The quantitative estimate of drug-likeness (QED) is 0.349. The van der Waals surface area contributed by atoms with Gasteiger partial charge in [-0.2, -0.15) is 0 Å². The Balaban J connectivity index is 1.53. The van der Waals surface area contributed by atoms with E-state index in [0.29, 0.717) is 5.11 Å². The molecule has 2 aromatic heterocycles. The summed E-state index contributed by atoms with van der Waals surface area (Å²) in [6.45, 7) is 8.94. The molecule has 6 rings (SSSR count). The zero-order valence-corrected chi connectivity index (χ0v) is 21.6. The Morgan fingerprint density at radius 3 is 2.58 bits per heavy atom. The molecule has 6 nitrogen and oxygen atoms in total. The number of anilines is 1. The molecule has 0 spiro atoms. The minimum Gasteiger partial charge on any atom is -0.454 e. The Morgan fingerprint density at radius 2 is 1.78 bits per heavy atom. The summed E-state index contributed by atoms with van der Waals surface area (Å²) < 4.78 is 13.6. The lowest BCUT2D eigenvalue weighted by molar-refractivity contribution is 0.174. The van der Waals surface area contributed by atoms with Crippen LogP contribution >= 0.6 is 12.2 Å². The number of nitrogens with one attached hydrogen (secondary N) is 1. The van der Waals surface area contributed by atoms with Crippen molar-refractivity contribution in [2.45, 2.75) is 39.8 Å². The number of ether oxygens (including phenoxy) is 2. The van der Waals surface area contributed by atoms with Crippen molar-refractivity contribution in [3.63, 3.8) is 0 Å². The van der Waals surface area contributed by atoms with Crippen LogP contribution in [0.1, 0.15) is 45.9 Å². The van der Waals surface area contributed by atoms with Crippen molar-refractivity contribution in [1.29, 1.82) is 0 Å². The summed E-state index contributed by atoms with van der Waals surface area (Å²) >= 11 is 5.93. The summed E-state index contributed by atoms with van der Waals surface area (Å²) in [6, 6.07) is 20.6. The topological polar surface area (TPSA) is 51.6 Å². The predicted molar refractivity (Wildman–Crippen MR) is 145 cm³/mol. The molecule has 1 N–H and O–H groups in total. The molecular formula is C29H28N4O2S. The molecule has 2 aromatic carbocycles. The van der Waals surface area contributed by atoms with Crippen LogP contribution in [0, 0.1) is 27.7 Å². The Kier molecular flexibility index (Phi) is 5.45. The Bertz CT molecular complexity index is 1480. The van der Waals surface area contributed by atoms with Crippen molar-refractivity contribution in [2.75, 3.05) is 11.7 Å². The van der Waals surface area contributed by atoms with Gasteiger partial charge in [-0.15, -0.1) is 0 Å². The maximum Gasteiger partial charge on any atom is 0.231 e. The third-order valence-electron chi connectivity index (χ3n) is 7.34. The second-order valence-electron chi connectivity index (χ2n) is 9.42. The molecular weight excluding hydrogens is 468 g/mol. The Morgan fingerprint density at radius 1 is 0.944 bits per heavy atom. The van der Waals surface area contributed by atoms with E-state index in [0.717, 1.165) is 22.9 Å². The fourth-order valence-electron chi connectivity index (χ4n) is 5.42. The number of rotatable bonds is 4. The van der Waals surface area contributed by atoms with Gasteiger partial charge in [-0.1, -0.05) is 18.2 Å². The van der Waals surface area contributed by atoms with Crippen LogP contribution in [0.25, 0.3) is 5.69 Å². The average Bonchev–Trinajstić information content (AvgIpc) is 3.56. The van der Waals surface area contributed by atoms with E-state index in [9.17, 15) is 0 Å². The highest BCUT2D eigenvalue weighted by Gasteiger charge is 2.42. The van der Waals surface area contributed by atoms with E-state index in [-0.39, 0.29) is 18.9 Å². The molecule has 2 atom stereocenters. The molecule has 36 heavy (non-hydrogen) atoms. The molecule has 4 heterocycles. The van der Waals surface area contributed by atoms with Crippen molar-refractivity contribution in [3.8, 4) is 17.2 Å². The molecule has 4 aromatic rings. The molecule has 0 aliphatic carbocycles. The first-order valence-corrected chi connectivity index (χ1v) is 12.5. The second kappa shape index (κ2) is 8.68. The smallest absolute Gasteiger partial charge is 0.231 e. The van der Waals surface area contributed by atoms with E-state index >= 15 is 0 Å². The van der Waals surface area contributed by atoms with Gasteiger partial charge in [-0.25, -0.2) is 0 Å². The third kappa shape index (κ3) is 3.54. The molecule has 0 saturated carbocycles. The van der Waals surface area contributed by atoms with Crippen LogP contribution < -0.4 is 19.7 Å². The SMILES string of the molecule is Cc1cccc(-n2c(C)cc([C@@H]3[C@@H](c4ccccn4)NC(=S)N3c3ccc4c(c3)OCO4)c2C)c1C. The van der Waals surface area contributed by atoms with Gasteiger partial charge in [-0.05, 0) is 93.0 Å². The van der Waals surface area contributed by atoms with E-state index < -0.39 is 0 Å². The molecule has 0 amide bonds. The van der Waals surface area contributed by atoms with Crippen LogP contribution in [0.2, 0.25) is 0 Å². The van der Waals surface area contributed by atoms with Gasteiger partial charge in [0.1, 0.15) is 0 Å². The molecule has 1 fully saturated rings. The van der Waals surface area contributed by atoms with Gasteiger partial charge < -0.3 is 24.3 Å². The minimum absolute atomic E-state index is 0.0992. The van der Waals surface area contributed by atoms with Crippen LogP contribution in [-0.2, 0) is 0 Å². The highest BCUT2D eigenvalue weighted by atomic mass is 32.1. The van der Waals surface area contributed by atoms with Crippen LogP contribution in [0.5, 0.6) is 11.5 Å². The molecule has 1 saturated heterocycles. The third-order valence-corrected chi connectivity index (χ3v) is 7.65. The maximum atomic E-state index is 5.93. The fourth-order valence-corrected chi connectivity index (χ4v) is 5.77. The standard InChI is InChI=1S/C29H28N4O2S/c1-17-8-7-10-24(19(17)3)32-18(2)14-22(20(32)4)28-27(23-9-5-6-13-30-23)31-29(36)33(28)21-11-12-25-26(15-21)35-16-34-25/h5-15,27-28H,16H2,1-4H3,(H,31,36)/t27-,28-/m1/s1. The first-order valence-electron chi connectivity index (χ1n) is 12.1. The zero-order chi connectivity index (χ0) is 25.0. The lowest BCUT2D eigenvalue weighted by Gasteiger charge is -2.28. The summed E-state index contributed by atoms with van der Waals surface area (Å²) in [7, 11) is 0. The van der Waals surface area contributed by atoms with Gasteiger partial charge in [0.2, 0.25) is 6.79 Å². The number of aromatic nitrogens is 2. The Hall–Kier alpha value is -3.84. The number of pyridine rings is 1. The van der Waals surface area contributed by atoms with Gasteiger partial charge in [0, 0.05) is 35.0 Å². The van der Waals surface area contributed by atoms with Crippen LogP contribution in [0.3, 0.4) is 0 Å². The van der Waals surface area contributed by atoms with Crippen LogP contribution in [-0.4, -0.2) is 21.5 Å². The van der Waals surface area contributed by atoms with Gasteiger partial charge in [-0.3, -0.25) is 4.98 Å². The highest BCUT2D eigenvalue weighted by molar-refractivity contribution is 7.80. The second-order valence-corrected chi connectivity index (χ2v) is 9.80. The van der Waals surface area contributed by atoms with E-state index in [1.54, 1.807) is 0 Å². The van der Waals surface area contributed by atoms with Crippen molar-refractivity contribution < 1.29 is 9.47 Å². The maximum absolute atomic E-state index is 5.93. The number of hydrogen-bond acceptors (Lipinski definition) is 4. The summed E-state index contributed by atoms with van der Waals surface area (Å²) in [5, 5.41) is 4.22. The van der Waals surface area contributed by atoms with Crippen molar-refractivity contribution in [1.82, 2.24) is 14.9 Å². The number of nitrogens with zero attached hydrogens (tertiary/aromatic N) is 3. The normalized spacial score (nSPS) is 18.6. The molecule has 182 valence electrons. The van der Waals surface area contributed by atoms with Crippen LogP contribution in [0.4, 0.5) is 5.69 Å². The lowest BCUT2D eigenvalue weighted by Crippen LogP contribution is -2.29. The van der Waals surface area contributed by atoms with Crippen molar-refractivity contribution >= 4 is 23.0 Å². The summed E-state index contributed by atoms with van der Waals surface area (Å²) in [6.07, 6.45) is 1.83. The Labute approximate surface area is 216 Å². The summed E-state index contributed by atoms with van der Waals surface area (Å²) in [4.78, 5) is 6.89. The summed E-state index contributed by atoms with van der Waals surface area (Å²) in [5.41, 5.74) is 9.23. The molecule has 0 bridgehead atoms. The van der Waals surface area contributed by atoms with Crippen LogP contribution in [0.15, 0.2) is 66.9 Å².